The molecule has 0 aromatic rings. The Labute approximate surface area is 115 Å². The molecular weight excluding hydrogens is 248 g/mol. The normalized spacial score (nSPS) is 13.2. The SMILES string of the molecule is CCCCCCCCC(S)[SiH](OCC)OCC. The van der Waals surface area contributed by atoms with E-state index in [-0.39, 0.29) is 0 Å². The minimum atomic E-state index is -1.53. The summed E-state index contributed by atoms with van der Waals surface area (Å²) in [6.45, 7) is 7.83. The molecule has 2 nitrogen and oxygen atoms in total. The highest BCUT2D eigenvalue weighted by Crippen LogP contribution is 2.15. The maximum Gasteiger partial charge on any atom is 0.334 e. The molecule has 1 atom stereocenters. The van der Waals surface area contributed by atoms with Crippen LogP contribution in [-0.4, -0.2) is 27.4 Å². The Morgan fingerprint density at radius 3 is 1.94 bits per heavy atom. The van der Waals surface area contributed by atoms with Gasteiger partial charge in [0.15, 0.2) is 0 Å². The van der Waals surface area contributed by atoms with E-state index >= 15 is 0 Å². The maximum absolute atomic E-state index is 5.68. The van der Waals surface area contributed by atoms with E-state index in [1.54, 1.807) is 0 Å². The predicted octanol–water partition coefficient (Wildman–Crippen LogP) is 3.87. The van der Waals surface area contributed by atoms with Crippen molar-refractivity contribution in [2.24, 2.45) is 0 Å². The van der Waals surface area contributed by atoms with Crippen molar-refractivity contribution in [3.63, 3.8) is 0 Å². The van der Waals surface area contributed by atoms with Gasteiger partial charge in [0, 0.05) is 18.1 Å². The molecule has 0 spiro atoms. The molecule has 0 heterocycles. The lowest BCUT2D eigenvalue weighted by Crippen LogP contribution is -2.34. The molecule has 0 saturated heterocycles. The molecule has 17 heavy (non-hydrogen) atoms. The third-order valence-corrected chi connectivity index (χ3v) is 6.10. The number of thiol groups is 1. The molecule has 0 fully saturated rings. The van der Waals surface area contributed by atoms with Gasteiger partial charge in [-0.2, -0.15) is 12.6 Å². The first-order valence-electron chi connectivity index (χ1n) is 7.17. The van der Waals surface area contributed by atoms with E-state index in [2.05, 4.69) is 19.6 Å². The van der Waals surface area contributed by atoms with Crippen molar-refractivity contribution in [2.45, 2.75) is 70.6 Å². The minimum absolute atomic E-state index is 0.348. The van der Waals surface area contributed by atoms with Gasteiger partial charge < -0.3 is 8.85 Å². The van der Waals surface area contributed by atoms with Crippen molar-refractivity contribution < 1.29 is 8.85 Å². The summed E-state index contributed by atoms with van der Waals surface area (Å²) in [6, 6.07) is 0. The third kappa shape index (κ3) is 10.1. The molecule has 0 amide bonds. The first-order valence-corrected chi connectivity index (χ1v) is 9.30. The van der Waals surface area contributed by atoms with Crippen molar-refractivity contribution in [1.82, 2.24) is 0 Å². The van der Waals surface area contributed by atoms with Crippen LogP contribution >= 0.6 is 12.6 Å². The highest BCUT2D eigenvalue weighted by atomic mass is 32.1. The molecule has 0 aliphatic rings. The Bertz CT molecular complexity index is 152. The summed E-state index contributed by atoms with van der Waals surface area (Å²) in [5, 5.41) is 0. The first kappa shape index (κ1) is 17.5. The summed E-state index contributed by atoms with van der Waals surface area (Å²) < 4.78 is 11.4. The van der Waals surface area contributed by atoms with E-state index in [1.165, 1.54) is 38.5 Å². The Hall–Kier alpha value is 0.487. The molecule has 0 aromatic carbocycles. The predicted molar refractivity (Wildman–Crippen MR) is 81.2 cm³/mol. The zero-order valence-corrected chi connectivity index (χ0v) is 13.8. The van der Waals surface area contributed by atoms with Crippen molar-refractivity contribution in [1.29, 1.82) is 0 Å². The zero-order chi connectivity index (χ0) is 12.9. The summed E-state index contributed by atoms with van der Waals surface area (Å²) in [7, 11) is -1.53. The van der Waals surface area contributed by atoms with Crippen LogP contribution in [0.2, 0.25) is 0 Å². The number of hydrogen-bond acceptors (Lipinski definition) is 3. The van der Waals surface area contributed by atoms with Crippen LogP contribution in [0, 0.1) is 0 Å². The topological polar surface area (TPSA) is 18.5 Å². The highest BCUT2D eigenvalue weighted by molar-refractivity contribution is 7.82. The summed E-state index contributed by atoms with van der Waals surface area (Å²) in [5.41, 5.74) is 0. The second-order valence-corrected chi connectivity index (χ2v) is 7.84. The molecule has 0 bridgehead atoms. The average Bonchev–Trinajstić information content (AvgIpc) is 2.33. The molecule has 0 aliphatic carbocycles. The van der Waals surface area contributed by atoms with Crippen LogP contribution in [-0.2, 0) is 8.85 Å². The van der Waals surface area contributed by atoms with Crippen LogP contribution in [0.25, 0.3) is 0 Å². The van der Waals surface area contributed by atoms with Crippen LogP contribution in [0.5, 0.6) is 0 Å². The number of hydrogen-bond donors (Lipinski definition) is 1. The van der Waals surface area contributed by atoms with Gasteiger partial charge in [-0.3, -0.25) is 0 Å². The van der Waals surface area contributed by atoms with Gasteiger partial charge in [0.05, 0.1) is 0 Å². The van der Waals surface area contributed by atoms with Crippen LogP contribution in [0.15, 0.2) is 0 Å². The Morgan fingerprint density at radius 2 is 1.41 bits per heavy atom. The smallest absolute Gasteiger partial charge is 0.334 e. The van der Waals surface area contributed by atoms with Crippen molar-refractivity contribution in [3.8, 4) is 0 Å². The number of unbranched alkanes of at least 4 members (excludes halogenated alkanes) is 5. The zero-order valence-electron chi connectivity index (χ0n) is 11.8. The van der Waals surface area contributed by atoms with Gasteiger partial charge in [-0.25, -0.2) is 0 Å². The molecule has 0 saturated carbocycles. The molecule has 0 rings (SSSR count). The van der Waals surface area contributed by atoms with Crippen LogP contribution < -0.4 is 0 Å². The fraction of sp³-hybridized carbons (Fsp3) is 1.00. The summed E-state index contributed by atoms with van der Waals surface area (Å²) >= 11 is 4.65. The van der Waals surface area contributed by atoms with E-state index < -0.39 is 9.28 Å². The average molecular weight is 279 g/mol. The minimum Gasteiger partial charge on any atom is -0.396 e. The van der Waals surface area contributed by atoms with E-state index in [1.807, 2.05) is 13.8 Å². The van der Waals surface area contributed by atoms with Crippen molar-refractivity contribution in [3.05, 3.63) is 0 Å². The largest absolute Gasteiger partial charge is 0.396 e. The molecule has 0 N–H and O–H groups in total. The number of rotatable bonds is 12. The van der Waals surface area contributed by atoms with Gasteiger partial charge in [0.25, 0.3) is 0 Å². The molecule has 0 aromatic heterocycles. The molecule has 1 unspecified atom stereocenters. The lowest BCUT2D eigenvalue weighted by molar-refractivity contribution is 0.211. The highest BCUT2D eigenvalue weighted by Gasteiger charge is 2.21. The standard InChI is InChI=1S/C13H30O2SSi/c1-4-7-8-9-10-11-12-13(16)17(14-5-2)15-6-3/h13,16-17H,4-12H2,1-3H3. The van der Waals surface area contributed by atoms with E-state index in [9.17, 15) is 0 Å². The third-order valence-electron chi connectivity index (χ3n) is 2.83. The summed E-state index contributed by atoms with van der Waals surface area (Å²) in [5.74, 6) is 0. The van der Waals surface area contributed by atoms with Crippen LogP contribution in [0.4, 0.5) is 0 Å². The molecule has 104 valence electrons. The molecule has 4 heteroatoms. The summed E-state index contributed by atoms with van der Waals surface area (Å²) in [4.78, 5) is 0.348. The maximum atomic E-state index is 5.68. The van der Waals surface area contributed by atoms with Gasteiger partial charge in [-0.15, -0.1) is 0 Å². The van der Waals surface area contributed by atoms with Crippen molar-refractivity contribution in [2.75, 3.05) is 13.2 Å². The van der Waals surface area contributed by atoms with E-state index in [0.29, 0.717) is 4.87 Å². The van der Waals surface area contributed by atoms with Crippen LogP contribution in [0.1, 0.15) is 65.7 Å². The second-order valence-electron chi connectivity index (χ2n) is 4.40. The molecule has 0 aliphatic heterocycles. The first-order chi connectivity index (χ1) is 8.26. The lowest BCUT2D eigenvalue weighted by atomic mass is 10.1. The van der Waals surface area contributed by atoms with Crippen molar-refractivity contribution >= 4 is 21.9 Å². The van der Waals surface area contributed by atoms with Gasteiger partial charge >= 0.3 is 9.28 Å². The van der Waals surface area contributed by atoms with E-state index in [4.69, 9.17) is 8.85 Å². The Balaban J connectivity index is 3.55. The quantitative estimate of drug-likeness (QED) is 0.332. The Morgan fingerprint density at radius 1 is 0.882 bits per heavy atom. The van der Waals surface area contributed by atoms with Crippen LogP contribution in [0.3, 0.4) is 0 Å². The lowest BCUT2D eigenvalue weighted by Gasteiger charge is -2.20. The summed E-state index contributed by atoms with van der Waals surface area (Å²) in [6.07, 6.45) is 9.18. The Kier molecular flexibility index (Phi) is 13.3. The van der Waals surface area contributed by atoms with Gasteiger partial charge in [0.2, 0.25) is 0 Å². The van der Waals surface area contributed by atoms with E-state index in [0.717, 1.165) is 19.6 Å². The second kappa shape index (κ2) is 12.9. The van der Waals surface area contributed by atoms with Gasteiger partial charge in [0.1, 0.15) is 0 Å². The molecular formula is C13H30O2SSi. The molecule has 0 radical (unpaired) electrons. The fourth-order valence-corrected chi connectivity index (χ4v) is 4.27. The monoisotopic (exact) mass is 278 g/mol. The van der Waals surface area contributed by atoms with Gasteiger partial charge in [-0.05, 0) is 20.3 Å². The fourth-order valence-electron chi connectivity index (χ4n) is 1.87. The van der Waals surface area contributed by atoms with Gasteiger partial charge in [-0.1, -0.05) is 45.4 Å².